The number of alkyl halides is 3. The number of halogens is 3. The topological polar surface area (TPSA) is 80.1 Å². The van der Waals surface area contributed by atoms with Crippen LogP contribution in [0.2, 0.25) is 0 Å². The Balaban J connectivity index is 1.40. The van der Waals surface area contributed by atoms with Crippen LogP contribution in [0.1, 0.15) is 44.9 Å². The minimum atomic E-state index is -4.67. The number of rotatable bonds is 7. The number of aromatic nitrogens is 3. The molecule has 0 radical (unpaired) electrons. The van der Waals surface area contributed by atoms with Gasteiger partial charge in [-0.15, -0.1) is 10.2 Å². The van der Waals surface area contributed by atoms with Crippen molar-refractivity contribution in [3.63, 3.8) is 0 Å². The summed E-state index contributed by atoms with van der Waals surface area (Å²) in [6.07, 6.45) is -2.86. The predicted molar refractivity (Wildman–Crippen MR) is 151 cm³/mol. The van der Waals surface area contributed by atoms with Gasteiger partial charge in [0, 0.05) is 12.2 Å². The third-order valence-electron chi connectivity index (χ3n) is 7.14. The molecule has 212 valence electrons. The van der Waals surface area contributed by atoms with Gasteiger partial charge in [-0.1, -0.05) is 54.2 Å². The summed E-state index contributed by atoms with van der Waals surface area (Å²) < 4.78 is 42.2. The van der Waals surface area contributed by atoms with Crippen LogP contribution in [0.5, 0.6) is 0 Å². The van der Waals surface area contributed by atoms with Gasteiger partial charge in [-0.3, -0.25) is 14.2 Å². The van der Waals surface area contributed by atoms with Crippen LogP contribution in [0.15, 0.2) is 71.9 Å². The second kappa shape index (κ2) is 11.8. The Labute approximate surface area is 239 Å². The number of thioether (sulfide) groups is 1. The van der Waals surface area contributed by atoms with Crippen LogP contribution in [0.3, 0.4) is 0 Å². The fourth-order valence-corrected chi connectivity index (χ4v) is 5.75. The number of benzene rings is 3. The van der Waals surface area contributed by atoms with E-state index in [9.17, 15) is 22.8 Å². The number of nitrogens with one attached hydrogen (secondary N) is 1. The number of carbonyl (C=O) groups is 2. The number of anilines is 1. The maximum Gasteiger partial charge on any atom is 0.417 e. The van der Waals surface area contributed by atoms with Gasteiger partial charge < -0.3 is 10.2 Å². The number of nitrogens with zero attached hydrogens (tertiary/aromatic N) is 4. The van der Waals surface area contributed by atoms with Gasteiger partial charge in [-0.05, 0) is 67.6 Å². The molecule has 0 saturated heterocycles. The fraction of sp³-hybridized carbons (Fsp3) is 0.267. The largest absolute Gasteiger partial charge is 0.417 e. The van der Waals surface area contributed by atoms with Crippen LogP contribution in [0, 0.1) is 13.8 Å². The molecule has 1 N–H and O–H groups in total. The first kappa shape index (κ1) is 28.4. The number of carbonyl (C=O) groups excluding carboxylic acids is 2. The lowest BCUT2D eigenvalue weighted by atomic mass is 10.0. The van der Waals surface area contributed by atoms with Gasteiger partial charge in [0.1, 0.15) is 0 Å². The minimum absolute atomic E-state index is 0.0590. The standard InChI is InChI=1S/C30H28F3N5O2S/c1-19-9-7-15-24(20(19)2)38-26(17-34-28(40)22-12-4-5-13-23(22)30(31,32)33)35-36-29(38)41-18-27(39)37-16-8-11-21-10-3-6-14-25(21)37/h3-7,9-10,12-15H,8,11,16-18H2,1-2H3,(H,34,40). The van der Waals surface area contributed by atoms with E-state index >= 15 is 0 Å². The van der Waals surface area contributed by atoms with E-state index in [1.165, 1.54) is 23.9 Å². The molecule has 1 aliphatic heterocycles. The van der Waals surface area contributed by atoms with Crippen molar-refractivity contribution in [2.24, 2.45) is 0 Å². The second-order valence-corrected chi connectivity index (χ2v) is 10.7. The highest BCUT2D eigenvalue weighted by Gasteiger charge is 2.35. The van der Waals surface area contributed by atoms with Gasteiger partial charge in [0.25, 0.3) is 5.91 Å². The zero-order valence-electron chi connectivity index (χ0n) is 22.5. The third-order valence-corrected chi connectivity index (χ3v) is 8.05. The predicted octanol–water partition coefficient (Wildman–Crippen LogP) is 5.90. The fourth-order valence-electron chi connectivity index (χ4n) is 4.91. The summed E-state index contributed by atoms with van der Waals surface area (Å²) in [5.41, 5.74) is 3.29. The zero-order valence-corrected chi connectivity index (χ0v) is 23.4. The molecule has 0 saturated carbocycles. The average Bonchev–Trinajstić information content (AvgIpc) is 3.37. The van der Waals surface area contributed by atoms with Crippen LogP contribution < -0.4 is 10.2 Å². The highest BCUT2D eigenvalue weighted by atomic mass is 32.2. The van der Waals surface area contributed by atoms with Crippen molar-refractivity contribution in [1.29, 1.82) is 0 Å². The van der Waals surface area contributed by atoms with Gasteiger partial charge >= 0.3 is 6.18 Å². The second-order valence-electron chi connectivity index (χ2n) is 9.75. The third kappa shape index (κ3) is 6.00. The Bertz CT molecular complexity index is 1600. The molecule has 41 heavy (non-hydrogen) atoms. The van der Waals surface area contributed by atoms with E-state index in [2.05, 4.69) is 15.5 Å². The number of aryl methyl sites for hydroxylation is 2. The van der Waals surface area contributed by atoms with Crippen LogP contribution >= 0.6 is 11.8 Å². The lowest BCUT2D eigenvalue weighted by molar-refractivity contribution is -0.138. The van der Waals surface area contributed by atoms with Crippen molar-refractivity contribution in [1.82, 2.24) is 20.1 Å². The normalized spacial score (nSPS) is 13.1. The Morgan fingerprint density at radius 2 is 1.68 bits per heavy atom. The van der Waals surface area contributed by atoms with Crippen molar-refractivity contribution in [3.8, 4) is 5.69 Å². The number of hydrogen-bond donors (Lipinski definition) is 1. The lowest BCUT2D eigenvalue weighted by Gasteiger charge is -2.29. The SMILES string of the molecule is Cc1cccc(-n2c(CNC(=O)c3ccccc3C(F)(F)F)nnc2SCC(=O)N2CCCc3ccccc32)c1C. The Morgan fingerprint density at radius 3 is 2.49 bits per heavy atom. The van der Waals surface area contributed by atoms with Gasteiger partial charge in [0.15, 0.2) is 11.0 Å². The molecular weight excluding hydrogens is 551 g/mol. The first-order chi connectivity index (χ1) is 19.6. The molecule has 0 atom stereocenters. The van der Waals surface area contributed by atoms with Crippen molar-refractivity contribution in [3.05, 3.63) is 100 Å². The monoisotopic (exact) mass is 579 g/mol. The van der Waals surface area contributed by atoms with Crippen molar-refractivity contribution >= 4 is 29.3 Å². The molecule has 0 fully saturated rings. The number of para-hydroxylation sites is 1. The molecule has 7 nitrogen and oxygen atoms in total. The molecular formula is C30H28F3N5O2S. The summed E-state index contributed by atoms with van der Waals surface area (Å²) in [5, 5.41) is 11.6. The maximum absolute atomic E-state index is 13.5. The van der Waals surface area contributed by atoms with Crippen LogP contribution in [-0.4, -0.2) is 38.9 Å². The van der Waals surface area contributed by atoms with E-state index in [1.54, 1.807) is 9.47 Å². The summed E-state index contributed by atoms with van der Waals surface area (Å²) in [7, 11) is 0. The summed E-state index contributed by atoms with van der Waals surface area (Å²) >= 11 is 1.23. The molecule has 0 spiro atoms. The first-order valence-electron chi connectivity index (χ1n) is 13.1. The highest BCUT2D eigenvalue weighted by molar-refractivity contribution is 7.99. The molecule has 1 aromatic heterocycles. The number of fused-ring (bicyclic) bond motifs is 1. The lowest BCUT2D eigenvalue weighted by Crippen LogP contribution is -2.36. The van der Waals surface area contributed by atoms with E-state index < -0.39 is 23.2 Å². The van der Waals surface area contributed by atoms with Gasteiger partial charge in [-0.2, -0.15) is 13.2 Å². The smallest absolute Gasteiger partial charge is 0.345 e. The van der Waals surface area contributed by atoms with Gasteiger partial charge in [-0.25, -0.2) is 0 Å². The minimum Gasteiger partial charge on any atom is -0.345 e. The summed E-state index contributed by atoms with van der Waals surface area (Å²) in [5.74, 6) is -0.490. The Kier molecular flexibility index (Phi) is 8.16. The van der Waals surface area contributed by atoms with Gasteiger partial charge in [0.05, 0.1) is 29.1 Å². The summed E-state index contributed by atoms with van der Waals surface area (Å²) in [4.78, 5) is 27.9. The Hall–Kier alpha value is -4.12. The van der Waals surface area contributed by atoms with E-state index in [1.807, 2.05) is 56.3 Å². The molecule has 2 amide bonds. The molecule has 3 aromatic carbocycles. The Morgan fingerprint density at radius 1 is 0.951 bits per heavy atom. The van der Waals surface area contributed by atoms with Crippen LogP contribution in [0.4, 0.5) is 18.9 Å². The average molecular weight is 580 g/mol. The number of hydrogen-bond acceptors (Lipinski definition) is 5. The summed E-state index contributed by atoms with van der Waals surface area (Å²) in [6, 6.07) is 18.2. The van der Waals surface area contributed by atoms with Crippen molar-refractivity contribution in [2.75, 3.05) is 17.2 Å². The molecule has 1 aliphatic rings. The van der Waals surface area contributed by atoms with Crippen LogP contribution in [0.25, 0.3) is 5.69 Å². The molecule has 11 heteroatoms. The highest BCUT2D eigenvalue weighted by Crippen LogP contribution is 2.32. The van der Waals surface area contributed by atoms with Gasteiger partial charge in [0.2, 0.25) is 5.91 Å². The van der Waals surface area contributed by atoms with Crippen LogP contribution in [-0.2, 0) is 23.9 Å². The molecule has 0 aliphatic carbocycles. The van der Waals surface area contributed by atoms with Crippen molar-refractivity contribution in [2.45, 2.75) is 44.6 Å². The van der Waals surface area contributed by atoms with Crippen molar-refractivity contribution < 1.29 is 22.8 Å². The molecule has 5 rings (SSSR count). The van der Waals surface area contributed by atoms with E-state index in [0.29, 0.717) is 17.5 Å². The molecule has 2 heterocycles. The quantitative estimate of drug-likeness (QED) is 0.276. The zero-order chi connectivity index (χ0) is 29.1. The maximum atomic E-state index is 13.5. The number of amides is 2. The molecule has 0 bridgehead atoms. The van der Waals surface area contributed by atoms with E-state index in [-0.39, 0.29) is 18.2 Å². The summed E-state index contributed by atoms with van der Waals surface area (Å²) in [6.45, 7) is 4.37. The van der Waals surface area contributed by atoms with E-state index in [0.717, 1.165) is 53.0 Å². The molecule has 0 unspecified atom stereocenters. The molecule has 4 aromatic rings. The first-order valence-corrected chi connectivity index (χ1v) is 14.1. The van der Waals surface area contributed by atoms with E-state index in [4.69, 9.17) is 0 Å².